The van der Waals surface area contributed by atoms with E-state index in [0.29, 0.717) is 6.54 Å². The monoisotopic (exact) mass is 207 g/mol. The van der Waals surface area contributed by atoms with Crippen molar-refractivity contribution in [3.05, 3.63) is 35.9 Å². The van der Waals surface area contributed by atoms with E-state index in [1.807, 2.05) is 30.3 Å². The van der Waals surface area contributed by atoms with Gasteiger partial charge in [-0.05, 0) is 5.56 Å². The van der Waals surface area contributed by atoms with Crippen molar-refractivity contribution in [2.75, 3.05) is 6.61 Å². The van der Waals surface area contributed by atoms with Crippen molar-refractivity contribution >= 4 is 11.9 Å². The minimum atomic E-state index is -0.454. The average molecular weight is 207 g/mol. The van der Waals surface area contributed by atoms with Gasteiger partial charge >= 0.3 is 5.97 Å². The highest BCUT2D eigenvalue weighted by Gasteiger charge is 2.02. The van der Waals surface area contributed by atoms with Crippen LogP contribution in [0.15, 0.2) is 30.3 Å². The van der Waals surface area contributed by atoms with Gasteiger partial charge in [0.2, 0.25) is 0 Å². The van der Waals surface area contributed by atoms with Gasteiger partial charge in [-0.15, -0.1) is 0 Å². The van der Waals surface area contributed by atoms with Crippen molar-refractivity contribution in [2.45, 2.75) is 13.5 Å². The van der Waals surface area contributed by atoms with E-state index < -0.39 is 5.97 Å². The molecule has 1 aromatic carbocycles. The number of amides is 1. The molecule has 1 aromatic rings. The van der Waals surface area contributed by atoms with Gasteiger partial charge in [0.1, 0.15) is 0 Å². The van der Waals surface area contributed by atoms with Crippen molar-refractivity contribution in [1.82, 2.24) is 5.32 Å². The Bertz CT molecular complexity index is 335. The zero-order valence-electron chi connectivity index (χ0n) is 8.53. The fraction of sp³-hybridized carbons (Fsp3) is 0.273. The summed E-state index contributed by atoms with van der Waals surface area (Å²) in [5.41, 5.74) is 1.01. The van der Waals surface area contributed by atoms with Crippen molar-refractivity contribution in [3.63, 3.8) is 0 Å². The van der Waals surface area contributed by atoms with Gasteiger partial charge in [-0.2, -0.15) is 0 Å². The average Bonchev–Trinajstić information content (AvgIpc) is 2.25. The summed E-state index contributed by atoms with van der Waals surface area (Å²) in [5.74, 6) is -0.751. The third-order valence-corrected chi connectivity index (χ3v) is 1.74. The van der Waals surface area contributed by atoms with E-state index in [2.05, 4.69) is 10.1 Å². The summed E-state index contributed by atoms with van der Waals surface area (Å²) in [6, 6.07) is 9.52. The second kappa shape index (κ2) is 5.80. The number of esters is 1. The largest absolute Gasteiger partial charge is 0.456 e. The highest BCUT2D eigenvalue weighted by atomic mass is 16.5. The fourth-order valence-electron chi connectivity index (χ4n) is 1.01. The lowest BCUT2D eigenvalue weighted by Gasteiger charge is -2.04. The topological polar surface area (TPSA) is 55.4 Å². The van der Waals surface area contributed by atoms with E-state index in [1.165, 1.54) is 6.92 Å². The molecule has 15 heavy (non-hydrogen) atoms. The van der Waals surface area contributed by atoms with E-state index in [4.69, 9.17) is 0 Å². The van der Waals surface area contributed by atoms with E-state index >= 15 is 0 Å². The number of ether oxygens (including phenoxy) is 1. The van der Waals surface area contributed by atoms with Crippen LogP contribution in [-0.4, -0.2) is 18.5 Å². The number of carbonyl (C=O) groups is 2. The van der Waals surface area contributed by atoms with E-state index in [-0.39, 0.29) is 12.5 Å². The maximum absolute atomic E-state index is 11.1. The first kappa shape index (κ1) is 11.2. The maximum Gasteiger partial charge on any atom is 0.303 e. The van der Waals surface area contributed by atoms with E-state index in [9.17, 15) is 9.59 Å². The predicted octanol–water partition coefficient (Wildman–Crippen LogP) is 0.866. The molecule has 0 aliphatic carbocycles. The Hall–Kier alpha value is -1.84. The summed E-state index contributed by atoms with van der Waals surface area (Å²) < 4.78 is 4.54. The van der Waals surface area contributed by atoms with E-state index in [0.717, 1.165) is 5.56 Å². The molecule has 0 saturated carbocycles. The maximum atomic E-state index is 11.1. The summed E-state index contributed by atoms with van der Waals surface area (Å²) in [5, 5.41) is 2.64. The molecule has 0 heterocycles. The van der Waals surface area contributed by atoms with Crippen molar-refractivity contribution in [3.8, 4) is 0 Å². The molecular weight excluding hydrogens is 194 g/mol. The third kappa shape index (κ3) is 4.81. The summed E-state index contributed by atoms with van der Waals surface area (Å²) in [6.07, 6.45) is 0. The van der Waals surface area contributed by atoms with Crippen molar-refractivity contribution < 1.29 is 14.3 Å². The van der Waals surface area contributed by atoms with Gasteiger partial charge in [-0.1, -0.05) is 30.3 Å². The van der Waals surface area contributed by atoms with Crippen LogP contribution in [0.3, 0.4) is 0 Å². The molecule has 0 bridgehead atoms. The normalized spacial score (nSPS) is 9.40. The summed E-state index contributed by atoms with van der Waals surface area (Å²) in [6.45, 7) is 1.49. The molecule has 0 aromatic heterocycles. The number of benzene rings is 1. The number of nitrogens with one attached hydrogen (secondary N) is 1. The minimum absolute atomic E-state index is 0.220. The highest BCUT2D eigenvalue weighted by molar-refractivity contribution is 5.79. The molecule has 0 spiro atoms. The zero-order chi connectivity index (χ0) is 11.1. The lowest BCUT2D eigenvalue weighted by molar-refractivity contribution is -0.146. The van der Waals surface area contributed by atoms with Gasteiger partial charge in [0, 0.05) is 13.5 Å². The molecular formula is C11H13NO3. The van der Waals surface area contributed by atoms with Crippen LogP contribution in [0.4, 0.5) is 0 Å². The number of carbonyl (C=O) groups excluding carboxylic acids is 2. The molecule has 0 aliphatic heterocycles. The molecule has 4 heteroatoms. The summed E-state index contributed by atoms with van der Waals surface area (Å²) in [7, 11) is 0. The quantitative estimate of drug-likeness (QED) is 0.745. The third-order valence-electron chi connectivity index (χ3n) is 1.74. The van der Waals surface area contributed by atoms with Crippen LogP contribution < -0.4 is 5.32 Å². The lowest BCUT2D eigenvalue weighted by Crippen LogP contribution is -2.27. The van der Waals surface area contributed by atoms with Gasteiger partial charge in [-0.3, -0.25) is 9.59 Å². The van der Waals surface area contributed by atoms with Crippen LogP contribution in [0.5, 0.6) is 0 Å². The van der Waals surface area contributed by atoms with Crippen molar-refractivity contribution in [2.24, 2.45) is 0 Å². The summed E-state index contributed by atoms with van der Waals surface area (Å²) in [4.78, 5) is 21.6. The van der Waals surface area contributed by atoms with Gasteiger partial charge in [-0.25, -0.2) is 0 Å². The van der Waals surface area contributed by atoms with Crippen LogP contribution in [0.2, 0.25) is 0 Å². The molecule has 80 valence electrons. The Morgan fingerprint density at radius 1 is 1.27 bits per heavy atom. The fourth-order valence-corrected chi connectivity index (χ4v) is 1.01. The molecule has 0 fully saturated rings. The lowest BCUT2D eigenvalue weighted by atomic mass is 10.2. The van der Waals surface area contributed by atoms with Gasteiger partial charge < -0.3 is 10.1 Å². The van der Waals surface area contributed by atoms with Gasteiger partial charge in [0.15, 0.2) is 6.61 Å². The van der Waals surface area contributed by atoms with E-state index in [1.54, 1.807) is 0 Å². The highest BCUT2D eigenvalue weighted by Crippen LogP contribution is 1.96. The van der Waals surface area contributed by atoms with Crippen LogP contribution in [0.1, 0.15) is 12.5 Å². The van der Waals surface area contributed by atoms with Crippen LogP contribution in [-0.2, 0) is 20.9 Å². The Morgan fingerprint density at radius 2 is 1.93 bits per heavy atom. The van der Waals surface area contributed by atoms with Crippen LogP contribution in [0.25, 0.3) is 0 Å². The Morgan fingerprint density at radius 3 is 2.53 bits per heavy atom. The number of hydrogen-bond acceptors (Lipinski definition) is 3. The second-order valence-electron chi connectivity index (χ2n) is 3.04. The van der Waals surface area contributed by atoms with Crippen LogP contribution >= 0.6 is 0 Å². The SMILES string of the molecule is CC(=O)OCC(=O)NCc1ccccc1. The first-order chi connectivity index (χ1) is 7.18. The van der Waals surface area contributed by atoms with Gasteiger partial charge in [0.05, 0.1) is 0 Å². The number of rotatable bonds is 4. The first-order valence-electron chi connectivity index (χ1n) is 4.62. The zero-order valence-corrected chi connectivity index (χ0v) is 8.53. The first-order valence-corrected chi connectivity index (χ1v) is 4.62. The summed E-state index contributed by atoms with van der Waals surface area (Å²) >= 11 is 0. The molecule has 0 radical (unpaired) electrons. The number of hydrogen-bond donors (Lipinski definition) is 1. The molecule has 0 aliphatic rings. The smallest absolute Gasteiger partial charge is 0.303 e. The Kier molecular flexibility index (Phi) is 4.34. The Labute approximate surface area is 88.2 Å². The molecule has 0 unspecified atom stereocenters. The molecule has 4 nitrogen and oxygen atoms in total. The molecule has 1 amide bonds. The van der Waals surface area contributed by atoms with Crippen molar-refractivity contribution in [1.29, 1.82) is 0 Å². The van der Waals surface area contributed by atoms with Gasteiger partial charge in [0.25, 0.3) is 5.91 Å². The Balaban J connectivity index is 2.26. The van der Waals surface area contributed by atoms with Crippen LogP contribution in [0, 0.1) is 0 Å². The molecule has 0 saturated heterocycles. The predicted molar refractivity (Wildman–Crippen MR) is 54.9 cm³/mol. The standard InChI is InChI=1S/C11H13NO3/c1-9(13)15-8-11(14)12-7-10-5-3-2-4-6-10/h2-6H,7-8H2,1H3,(H,12,14). The second-order valence-corrected chi connectivity index (χ2v) is 3.04. The molecule has 0 atom stereocenters. The minimum Gasteiger partial charge on any atom is -0.456 e. The molecule has 1 rings (SSSR count). The molecule has 1 N–H and O–H groups in total.